The van der Waals surface area contributed by atoms with E-state index in [0.29, 0.717) is 30.2 Å². The number of carbonyl (C=O) groups excluding carboxylic acids is 1. The first-order chi connectivity index (χ1) is 10.1. The van der Waals surface area contributed by atoms with Gasteiger partial charge >= 0.3 is 5.97 Å². The fraction of sp³-hybridized carbons (Fsp3) is 0.750. The lowest BCUT2D eigenvalue weighted by molar-refractivity contribution is 0.0484. The molecule has 0 aliphatic rings. The van der Waals surface area contributed by atoms with Gasteiger partial charge in [-0.1, -0.05) is 45.4 Å². The average molecular weight is 295 g/mol. The lowest BCUT2D eigenvalue weighted by Crippen LogP contribution is -2.15. The van der Waals surface area contributed by atoms with Gasteiger partial charge < -0.3 is 10.5 Å². The molecule has 0 radical (unpaired) electrons. The van der Waals surface area contributed by atoms with Gasteiger partial charge in [0, 0.05) is 6.54 Å². The van der Waals surface area contributed by atoms with Crippen molar-refractivity contribution in [1.29, 1.82) is 0 Å². The molecule has 0 unspecified atom stereocenters. The number of aryl methyl sites for hydroxylation is 2. The summed E-state index contributed by atoms with van der Waals surface area (Å²) in [6.45, 7) is 7.02. The van der Waals surface area contributed by atoms with Crippen LogP contribution in [0.5, 0.6) is 0 Å². The Labute approximate surface area is 127 Å². The fourth-order valence-electron chi connectivity index (χ4n) is 2.33. The van der Waals surface area contributed by atoms with E-state index in [1.807, 2.05) is 6.92 Å². The molecule has 0 bridgehead atoms. The zero-order valence-electron chi connectivity index (χ0n) is 13.7. The first-order valence-electron chi connectivity index (χ1n) is 8.11. The number of aromatic nitrogens is 2. The molecule has 0 aliphatic carbocycles. The molecule has 0 fully saturated rings. The van der Waals surface area contributed by atoms with Crippen LogP contribution in [0.2, 0.25) is 0 Å². The molecule has 0 atom stereocenters. The van der Waals surface area contributed by atoms with Crippen molar-refractivity contribution in [3.63, 3.8) is 0 Å². The zero-order chi connectivity index (χ0) is 15.7. The van der Waals surface area contributed by atoms with E-state index in [2.05, 4.69) is 12.0 Å². The van der Waals surface area contributed by atoms with Crippen LogP contribution in [0, 0.1) is 6.92 Å². The fourth-order valence-corrected chi connectivity index (χ4v) is 2.33. The van der Waals surface area contributed by atoms with Gasteiger partial charge in [0.1, 0.15) is 0 Å². The Bertz CT molecular complexity index is 441. The summed E-state index contributed by atoms with van der Waals surface area (Å²) in [7, 11) is 0. The molecule has 21 heavy (non-hydrogen) atoms. The highest BCUT2D eigenvalue weighted by Crippen LogP contribution is 2.17. The van der Waals surface area contributed by atoms with Crippen molar-refractivity contribution < 1.29 is 9.53 Å². The van der Waals surface area contributed by atoms with Gasteiger partial charge in [-0.3, -0.25) is 4.68 Å². The van der Waals surface area contributed by atoms with Crippen LogP contribution in [0.3, 0.4) is 0 Å². The molecule has 0 spiro atoms. The summed E-state index contributed by atoms with van der Waals surface area (Å²) in [6.07, 6.45) is 8.40. The van der Waals surface area contributed by atoms with E-state index in [4.69, 9.17) is 10.5 Å². The maximum Gasteiger partial charge on any atom is 0.358 e. The molecule has 1 heterocycles. The molecule has 0 aliphatic heterocycles. The van der Waals surface area contributed by atoms with E-state index >= 15 is 0 Å². The molecule has 1 rings (SSSR count). The van der Waals surface area contributed by atoms with Crippen molar-refractivity contribution in [3.8, 4) is 0 Å². The summed E-state index contributed by atoms with van der Waals surface area (Å²) in [4.78, 5) is 12.1. The predicted molar refractivity (Wildman–Crippen MR) is 85.3 cm³/mol. The Morgan fingerprint density at radius 3 is 2.38 bits per heavy atom. The molecule has 0 saturated carbocycles. The van der Waals surface area contributed by atoms with Gasteiger partial charge in [0.05, 0.1) is 18.0 Å². The average Bonchev–Trinajstić information content (AvgIpc) is 2.77. The smallest absolute Gasteiger partial charge is 0.358 e. The first kappa shape index (κ1) is 17.5. The summed E-state index contributed by atoms with van der Waals surface area (Å²) in [5.41, 5.74) is 7.39. The predicted octanol–water partition coefficient (Wildman–Crippen LogP) is 3.70. The third-order valence-electron chi connectivity index (χ3n) is 3.65. The number of rotatable bonds is 10. The van der Waals surface area contributed by atoms with Gasteiger partial charge in [-0.05, 0) is 20.3 Å². The van der Waals surface area contributed by atoms with Crippen molar-refractivity contribution in [2.24, 2.45) is 0 Å². The van der Waals surface area contributed by atoms with Crippen LogP contribution in [0.25, 0.3) is 0 Å². The Morgan fingerprint density at radius 1 is 1.14 bits per heavy atom. The standard InChI is InChI=1S/C16H29N3O2/c1-4-6-7-8-9-10-11-12-21-16(20)15-14(17)13(3)18-19(15)5-2/h4-12,17H2,1-3H3. The topological polar surface area (TPSA) is 70.1 Å². The lowest BCUT2D eigenvalue weighted by Gasteiger charge is -2.07. The number of hydrogen-bond acceptors (Lipinski definition) is 4. The SMILES string of the molecule is CCCCCCCCCOC(=O)c1c(N)c(C)nn1CC. The number of esters is 1. The minimum absolute atomic E-state index is 0.360. The molecular formula is C16H29N3O2. The maximum atomic E-state index is 12.1. The van der Waals surface area contributed by atoms with Crippen LogP contribution in [-0.4, -0.2) is 22.4 Å². The number of carbonyl (C=O) groups is 1. The number of nitrogens with zero attached hydrogens (tertiary/aromatic N) is 2. The van der Waals surface area contributed by atoms with Crippen LogP contribution in [0.15, 0.2) is 0 Å². The Hall–Kier alpha value is -1.52. The second-order valence-electron chi connectivity index (χ2n) is 5.42. The number of nitrogens with two attached hydrogens (primary N) is 1. The zero-order valence-corrected chi connectivity index (χ0v) is 13.7. The van der Waals surface area contributed by atoms with E-state index in [1.54, 1.807) is 11.6 Å². The highest BCUT2D eigenvalue weighted by molar-refractivity contribution is 5.93. The summed E-state index contributed by atoms with van der Waals surface area (Å²) in [5, 5.41) is 4.23. The number of anilines is 1. The molecule has 5 heteroatoms. The van der Waals surface area contributed by atoms with Gasteiger partial charge in [-0.2, -0.15) is 5.10 Å². The van der Waals surface area contributed by atoms with E-state index < -0.39 is 0 Å². The number of ether oxygens (including phenoxy) is 1. The second-order valence-corrected chi connectivity index (χ2v) is 5.42. The molecule has 1 aromatic heterocycles. The van der Waals surface area contributed by atoms with E-state index in [0.717, 1.165) is 12.8 Å². The van der Waals surface area contributed by atoms with Crippen LogP contribution < -0.4 is 5.73 Å². The molecular weight excluding hydrogens is 266 g/mol. The third-order valence-corrected chi connectivity index (χ3v) is 3.65. The van der Waals surface area contributed by atoms with Crippen molar-refractivity contribution in [2.75, 3.05) is 12.3 Å². The molecule has 0 amide bonds. The summed E-state index contributed by atoms with van der Waals surface area (Å²) < 4.78 is 6.92. The largest absolute Gasteiger partial charge is 0.461 e. The van der Waals surface area contributed by atoms with Crippen molar-refractivity contribution in [1.82, 2.24) is 9.78 Å². The lowest BCUT2D eigenvalue weighted by atomic mass is 10.1. The maximum absolute atomic E-state index is 12.1. The van der Waals surface area contributed by atoms with Crippen LogP contribution in [-0.2, 0) is 11.3 Å². The van der Waals surface area contributed by atoms with Gasteiger partial charge in [0.2, 0.25) is 0 Å². The quantitative estimate of drug-likeness (QED) is 0.528. The monoisotopic (exact) mass is 295 g/mol. The third kappa shape index (κ3) is 5.40. The number of hydrogen-bond donors (Lipinski definition) is 1. The van der Waals surface area contributed by atoms with E-state index in [1.165, 1.54) is 32.1 Å². The van der Waals surface area contributed by atoms with Crippen molar-refractivity contribution in [2.45, 2.75) is 72.3 Å². The van der Waals surface area contributed by atoms with E-state index in [-0.39, 0.29) is 5.97 Å². The van der Waals surface area contributed by atoms with Gasteiger partial charge in [-0.25, -0.2) is 4.79 Å². The van der Waals surface area contributed by atoms with Gasteiger partial charge in [0.15, 0.2) is 5.69 Å². The van der Waals surface area contributed by atoms with Crippen molar-refractivity contribution in [3.05, 3.63) is 11.4 Å². The van der Waals surface area contributed by atoms with Gasteiger partial charge in [-0.15, -0.1) is 0 Å². The highest BCUT2D eigenvalue weighted by atomic mass is 16.5. The highest BCUT2D eigenvalue weighted by Gasteiger charge is 2.20. The molecule has 2 N–H and O–H groups in total. The Kier molecular flexibility index (Phi) is 7.87. The minimum Gasteiger partial charge on any atom is -0.461 e. The second kappa shape index (κ2) is 9.42. The molecule has 120 valence electrons. The summed E-state index contributed by atoms with van der Waals surface area (Å²) in [5.74, 6) is -0.360. The normalized spacial score (nSPS) is 10.8. The molecule has 0 aromatic carbocycles. The first-order valence-corrected chi connectivity index (χ1v) is 8.11. The number of unbranched alkanes of at least 4 members (excludes halogenated alkanes) is 6. The summed E-state index contributed by atoms with van der Waals surface area (Å²) >= 11 is 0. The van der Waals surface area contributed by atoms with Crippen LogP contribution in [0.1, 0.15) is 75.0 Å². The number of nitrogen functional groups attached to an aromatic ring is 1. The van der Waals surface area contributed by atoms with Crippen molar-refractivity contribution >= 4 is 11.7 Å². The summed E-state index contributed by atoms with van der Waals surface area (Å²) in [6, 6.07) is 0. The van der Waals surface area contributed by atoms with Crippen LogP contribution >= 0.6 is 0 Å². The Morgan fingerprint density at radius 2 is 1.76 bits per heavy atom. The molecule has 0 saturated heterocycles. The van der Waals surface area contributed by atoms with Gasteiger partial charge in [0.25, 0.3) is 0 Å². The molecule has 1 aromatic rings. The van der Waals surface area contributed by atoms with Crippen LogP contribution in [0.4, 0.5) is 5.69 Å². The van der Waals surface area contributed by atoms with E-state index in [9.17, 15) is 4.79 Å². The minimum atomic E-state index is -0.360. The molecule has 5 nitrogen and oxygen atoms in total. The Balaban J connectivity index is 2.28.